The summed E-state index contributed by atoms with van der Waals surface area (Å²) in [5, 5.41) is 2.80. The monoisotopic (exact) mass is 395 g/mol. The van der Waals surface area contributed by atoms with Gasteiger partial charge in [0.2, 0.25) is 10.0 Å². The predicted octanol–water partition coefficient (Wildman–Crippen LogP) is 3.43. The van der Waals surface area contributed by atoms with Crippen molar-refractivity contribution >= 4 is 21.6 Å². The van der Waals surface area contributed by atoms with Gasteiger partial charge in [0.05, 0.1) is 17.1 Å². The third-order valence-corrected chi connectivity index (χ3v) is 5.74. The van der Waals surface area contributed by atoms with Gasteiger partial charge in [0.25, 0.3) is 5.91 Å². The van der Waals surface area contributed by atoms with Crippen molar-refractivity contribution in [2.75, 3.05) is 5.32 Å². The number of pyridine rings is 1. The second-order valence-electron chi connectivity index (χ2n) is 6.43. The Labute approximate surface area is 164 Å². The number of hydrogen-bond donors (Lipinski definition) is 2. The molecular weight excluding hydrogens is 374 g/mol. The van der Waals surface area contributed by atoms with Gasteiger partial charge in [-0.1, -0.05) is 18.2 Å². The Hall–Kier alpha value is -3.03. The van der Waals surface area contributed by atoms with E-state index < -0.39 is 10.0 Å². The zero-order valence-corrected chi connectivity index (χ0v) is 16.5. The van der Waals surface area contributed by atoms with Crippen LogP contribution in [0, 0.1) is 13.8 Å². The van der Waals surface area contributed by atoms with Crippen LogP contribution in [0.25, 0.3) is 0 Å². The van der Waals surface area contributed by atoms with Gasteiger partial charge in [-0.3, -0.25) is 9.78 Å². The van der Waals surface area contributed by atoms with Gasteiger partial charge < -0.3 is 5.32 Å². The van der Waals surface area contributed by atoms with Gasteiger partial charge in [-0.05, 0) is 67.4 Å². The van der Waals surface area contributed by atoms with Crippen LogP contribution in [0.3, 0.4) is 0 Å². The minimum absolute atomic E-state index is 0.0242. The molecule has 0 fully saturated rings. The van der Waals surface area contributed by atoms with Crippen molar-refractivity contribution in [3.63, 3.8) is 0 Å². The molecule has 2 aromatic carbocycles. The first-order valence-corrected chi connectivity index (χ1v) is 10.2. The number of carbonyl (C=O) groups is 1. The zero-order chi connectivity index (χ0) is 20.1. The molecule has 0 aliphatic rings. The highest BCUT2D eigenvalue weighted by Gasteiger charge is 2.16. The molecule has 1 aromatic heterocycles. The Bertz CT molecular complexity index is 1100. The molecule has 2 N–H and O–H groups in total. The van der Waals surface area contributed by atoms with E-state index >= 15 is 0 Å². The summed E-state index contributed by atoms with van der Waals surface area (Å²) in [5.74, 6) is -0.370. The minimum Gasteiger partial charge on any atom is -0.322 e. The number of sulfonamides is 1. The maximum absolute atomic E-state index is 12.6. The van der Waals surface area contributed by atoms with E-state index in [4.69, 9.17) is 0 Å². The minimum atomic E-state index is -3.77. The number of nitrogens with zero attached hydrogens (tertiary/aromatic N) is 1. The lowest BCUT2D eigenvalue weighted by Gasteiger charge is -2.10. The highest BCUT2D eigenvalue weighted by molar-refractivity contribution is 7.89. The van der Waals surface area contributed by atoms with Crippen LogP contribution in [0.2, 0.25) is 0 Å². The molecule has 0 atom stereocenters. The second kappa shape index (κ2) is 8.33. The van der Waals surface area contributed by atoms with Gasteiger partial charge in [-0.25, -0.2) is 13.1 Å². The molecule has 0 bridgehead atoms. The fraction of sp³-hybridized carbons (Fsp3) is 0.143. The summed E-state index contributed by atoms with van der Waals surface area (Å²) >= 11 is 0. The molecule has 0 radical (unpaired) electrons. The number of hydrogen-bond acceptors (Lipinski definition) is 4. The van der Waals surface area contributed by atoms with E-state index in [1.54, 1.807) is 36.5 Å². The number of benzene rings is 2. The lowest BCUT2D eigenvalue weighted by Crippen LogP contribution is -2.24. The number of anilines is 1. The largest absolute Gasteiger partial charge is 0.322 e. The quantitative estimate of drug-likeness (QED) is 0.669. The van der Waals surface area contributed by atoms with Crippen LogP contribution in [0.4, 0.5) is 5.69 Å². The van der Waals surface area contributed by atoms with Gasteiger partial charge in [0, 0.05) is 17.4 Å². The SMILES string of the molecule is Cc1ccc(NC(=O)c2cccc(S(=O)(=O)NCc3ccccn3)c2)cc1C. The molecule has 0 aliphatic heterocycles. The van der Waals surface area contributed by atoms with Crippen molar-refractivity contribution in [3.8, 4) is 0 Å². The summed E-state index contributed by atoms with van der Waals surface area (Å²) in [6.07, 6.45) is 1.60. The van der Waals surface area contributed by atoms with E-state index in [9.17, 15) is 13.2 Å². The molecule has 3 aromatic rings. The molecule has 0 unspecified atom stereocenters. The number of amides is 1. The van der Waals surface area contributed by atoms with E-state index in [2.05, 4.69) is 15.0 Å². The Balaban J connectivity index is 1.75. The third-order valence-electron chi connectivity index (χ3n) is 4.34. The number of rotatable bonds is 6. The standard InChI is InChI=1S/C21H21N3O3S/c1-15-9-10-18(12-16(15)2)24-21(25)17-6-5-8-20(13-17)28(26,27)23-14-19-7-3-4-11-22-19/h3-13,23H,14H2,1-2H3,(H,24,25). The molecule has 6 nitrogen and oxygen atoms in total. The van der Waals surface area contributed by atoms with Crippen molar-refractivity contribution in [2.45, 2.75) is 25.3 Å². The number of aromatic nitrogens is 1. The second-order valence-corrected chi connectivity index (χ2v) is 8.19. The normalized spacial score (nSPS) is 11.2. The van der Waals surface area contributed by atoms with Gasteiger partial charge >= 0.3 is 0 Å². The first-order chi connectivity index (χ1) is 13.3. The Morgan fingerprint density at radius 2 is 1.79 bits per heavy atom. The number of aryl methyl sites for hydroxylation is 2. The highest BCUT2D eigenvalue weighted by Crippen LogP contribution is 2.17. The van der Waals surface area contributed by atoms with E-state index in [1.165, 1.54) is 12.1 Å². The summed E-state index contributed by atoms with van der Waals surface area (Å²) < 4.78 is 27.6. The summed E-state index contributed by atoms with van der Waals surface area (Å²) in [7, 11) is -3.77. The highest BCUT2D eigenvalue weighted by atomic mass is 32.2. The number of carbonyl (C=O) groups excluding carboxylic acids is 1. The lowest BCUT2D eigenvalue weighted by atomic mass is 10.1. The first kappa shape index (κ1) is 19.7. The maximum atomic E-state index is 12.6. The molecule has 3 rings (SSSR count). The lowest BCUT2D eigenvalue weighted by molar-refractivity contribution is 0.102. The van der Waals surface area contributed by atoms with Gasteiger partial charge in [-0.15, -0.1) is 0 Å². The Morgan fingerprint density at radius 3 is 2.50 bits per heavy atom. The van der Waals surface area contributed by atoms with E-state index in [0.29, 0.717) is 11.4 Å². The molecule has 0 saturated carbocycles. The van der Waals surface area contributed by atoms with Gasteiger partial charge in [-0.2, -0.15) is 0 Å². The van der Waals surface area contributed by atoms with Crippen molar-refractivity contribution in [1.29, 1.82) is 0 Å². The van der Waals surface area contributed by atoms with Crippen LogP contribution >= 0.6 is 0 Å². The average molecular weight is 395 g/mol. The van der Waals surface area contributed by atoms with Crippen molar-refractivity contribution < 1.29 is 13.2 Å². The van der Waals surface area contributed by atoms with Crippen molar-refractivity contribution in [1.82, 2.24) is 9.71 Å². The smallest absolute Gasteiger partial charge is 0.255 e. The van der Waals surface area contributed by atoms with Crippen LogP contribution in [0.5, 0.6) is 0 Å². The van der Waals surface area contributed by atoms with Crippen LogP contribution in [0.15, 0.2) is 71.8 Å². The molecule has 0 aliphatic carbocycles. The summed E-state index contributed by atoms with van der Waals surface area (Å²) in [6.45, 7) is 4.03. The molecule has 0 spiro atoms. The summed E-state index contributed by atoms with van der Waals surface area (Å²) in [5.41, 5.74) is 3.72. The van der Waals surface area contributed by atoms with Crippen molar-refractivity contribution in [2.24, 2.45) is 0 Å². The van der Waals surface area contributed by atoms with Crippen LogP contribution in [-0.4, -0.2) is 19.3 Å². The predicted molar refractivity (Wildman–Crippen MR) is 109 cm³/mol. The molecule has 0 saturated heterocycles. The van der Waals surface area contributed by atoms with Crippen molar-refractivity contribution in [3.05, 3.63) is 89.2 Å². The molecule has 28 heavy (non-hydrogen) atoms. The summed E-state index contributed by atoms with van der Waals surface area (Å²) in [6, 6.07) is 16.8. The molecular formula is C21H21N3O3S. The van der Waals surface area contributed by atoms with Crippen LogP contribution < -0.4 is 10.0 Å². The Kier molecular flexibility index (Phi) is 5.87. The van der Waals surface area contributed by atoms with Crippen LogP contribution in [-0.2, 0) is 16.6 Å². The number of nitrogens with one attached hydrogen (secondary N) is 2. The fourth-order valence-corrected chi connectivity index (χ4v) is 3.63. The molecule has 144 valence electrons. The topological polar surface area (TPSA) is 88.2 Å². The van der Waals surface area contributed by atoms with Gasteiger partial charge in [0.15, 0.2) is 0 Å². The molecule has 1 amide bonds. The molecule has 1 heterocycles. The molecule has 7 heteroatoms. The van der Waals surface area contributed by atoms with E-state index in [0.717, 1.165) is 11.1 Å². The van der Waals surface area contributed by atoms with E-state index in [1.807, 2.05) is 32.0 Å². The van der Waals surface area contributed by atoms with Crippen LogP contribution in [0.1, 0.15) is 27.2 Å². The maximum Gasteiger partial charge on any atom is 0.255 e. The average Bonchev–Trinajstić information content (AvgIpc) is 2.70. The first-order valence-electron chi connectivity index (χ1n) is 8.73. The zero-order valence-electron chi connectivity index (χ0n) is 15.6. The summed E-state index contributed by atoms with van der Waals surface area (Å²) in [4.78, 5) is 16.6. The fourth-order valence-electron chi connectivity index (χ4n) is 2.58. The van der Waals surface area contributed by atoms with E-state index in [-0.39, 0.29) is 22.9 Å². The third kappa shape index (κ3) is 4.82. The van der Waals surface area contributed by atoms with Gasteiger partial charge in [0.1, 0.15) is 0 Å². The Morgan fingerprint density at radius 1 is 0.964 bits per heavy atom.